The topological polar surface area (TPSA) is 86.7 Å². The van der Waals surface area contributed by atoms with E-state index >= 15 is 0 Å². The maximum absolute atomic E-state index is 10.9. The molecule has 0 amide bonds. The van der Waals surface area contributed by atoms with Crippen LogP contribution in [0.3, 0.4) is 0 Å². The van der Waals surface area contributed by atoms with Crippen LogP contribution in [-0.4, -0.2) is 52.2 Å². The molecule has 6 nitrogen and oxygen atoms in total. The Bertz CT molecular complexity index is 855. The number of aromatic amines is 1. The van der Waals surface area contributed by atoms with E-state index in [0.717, 1.165) is 59.1 Å². The highest BCUT2D eigenvalue weighted by Gasteiger charge is 2.23. The quantitative estimate of drug-likeness (QED) is 0.748. The summed E-state index contributed by atoms with van der Waals surface area (Å²) in [5.41, 5.74) is 4.38. The molecule has 2 aliphatic heterocycles. The molecule has 2 aromatic rings. The molecule has 1 aromatic carbocycles. The fourth-order valence-electron chi connectivity index (χ4n) is 3.55. The second kappa shape index (κ2) is 7.32. The molecular formula is C19H23N3O3S. The zero-order valence-electron chi connectivity index (χ0n) is 14.7. The van der Waals surface area contributed by atoms with Crippen molar-refractivity contribution in [1.29, 1.82) is 0 Å². The minimum Gasteiger partial charge on any atom is -0.481 e. The first-order valence-electron chi connectivity index (χ1n) is 8.99. The first kappa shape index (κ1) is 17.4. The van der Waals surface area contributed by atoms with Gasteiger partial charge in [0.1, 0.15) is 5.04 Å². The van der Waals surface area contributed by atoms with Crippen molar-refractivity contribution in [2.75, 3.05) is 24.3 Å². The highest BCUT2D eigenvalue weighted by atomic mass is 32.2. The third-order valence-electron chi connectivity index (χ3n) is 4.81. The molecule has 138 valence electrons. The van der Waals surface area contributed by atoms with Crippen molar-refractivity contribution in [3.8, 4) is 0 Å². The number of benzene rings is 1. The number of aromatic nitrogens is 1. The summed E-state index contributed by atoms with van der Waals surface area (Å²) >= 11 is 1.62. The third kappa shape index (κ3) is 3.73. The summed E-state index contributed by atoms with van der Waals surface area (Å²) in [5.74, 6) is -0.0701. The van der Waals surface area contributed by atoms with Crippen LogP contribution in [0.5, 0.6) is 0 Å². The van der Waals surface area contributed by atoms with E-state index < -0.39 is 5.97 Å². The van der Waals surface area contributed by atoms with Gasteiger partial charge < -0.3 is 20.1 Å². The van der Waals surface area contributed by atoms with Crippen molar-refractivity contribution in [2.24, 2.45) is 4.99 Å². The molecule has 3 N–H and O–H groups in total. The number of anilines is 1. The van der Waals surface area contributed by atoms with Gasteiger partial charge in [0.05, 0.1) is 29.4 Å². The second-order valence-electron chi connectivity index (χ2n) is 6.99. The van der Waals surface area contributed by atoms with Crippen LogP contribution < -0.4 is 5.32 Å². The second-order valence-corrected chi connectivity index (χ2v) is 8.00. The first-order valence-corrected chi connectivity index (χ1v) is 9.97. The van der Waals surface area contributed by atoms with Crippen molar-refractivity contribution in [1.82, 2.24) is 4.98 Å². The number of fused-ring (bicyclic) bond motifs is 1. The van der Waals surface area contributed by atoms with Crippen molar-refractivity contribution >= 4 is 39.4 Å². The van der Waals surface area contributed by atoms with Crippen LogP contribution in [0.15, 0.2) is 23.2 Å². The van der Waals surface area contributed by atoms with Crippen LogP contribution in [0.2, 0.25) is 0 Å². The Morgan fingerprint density at radius 3 is 2.96 bits per heavy atom. The Morgan fingerprint density at radius 2 is 2.19 bits per heavy atom. The van der Waals surface area contributed by atoms with Gasteiger partial charge in [-0.1, -0.05) is 0 Å². The number of carbonyl (C=O) groups is 1. The number of carboxylic acids is 1. The molecule has 0 spiro atoms. The average molecular weight is 373 g/mol. The standard InChI is InChI=1S/C19H23N3O3S/c1-11-6-12-8-16(19-21-14(10-26-19)9-17(23)24)22-18(12)15(7-11)20-13-2-4-25-5-3-13/h6-8,13-14,20,22H,2-5,9-10H2,1H3,(H,23,24)/t14-/m0/s1. The smallest absolute Gasteiger partial charge is 0.305 e. The number of ether oxygens (including phenoxy) is 1. The highest BCUT2D eigenvalue weighted by molar-refractivity contribution is 8.14. The number of H-pyrrole nitrogens is 1. The van der Waals surface area contributed by atoms with Crippen LogP contribution >= 0.6 is 11.8 Å². The van der Waals surface area contributed by atoms with Crippen LogP contribution in [-0.2, 0) is 9.53 Å². The van der Waals surface area contributed by atoms with E-state index in [2.05, 4.69) is 40.4 Å². The van der Waals surface area contributed by atoms with Crippen molar-refractivity contribution in [3.05, 3.63) is 29.5 Å². The Hall–Kier alpha value is -1.99. The summed E-state index contributed by atoms with van der Waals surface area (Å²) in [4.78, 5) is 19.0. The largest absolute Gasteiger partial charge is 0.481 e. The van der Waals surface area contributed by atoms with Crippen LogP contribution in [0, 0.1) is 6.92 Å². The molecule has 1 atom stereocenters. The molecule has 26 heavy (non-hydrogen) atoms. The molecule has 3 heterocycles. The van der Waals surface area contributed by atoms with Gasteiger partial charge in [-0.2, -0.15) is 0 Å². The molecule has 0 saturated carbocycles. The number of hydrogen-bond acceptors (Lipinski definition) is 5. The molecule has 2 aliphatic rings. The number of nitrogens with one attached hydrogen (secondary N) is 2. The fraction of sp³-hybridized carbons (Fsp3) is 0.474. The molecule has 0 radical (unpaired) electrons. The Labute approximate surface area is 156 Å². The summed E-state index contributed by atoms with van der Waals surface area (Å²) in [7, 11) is 0. The van der Waals surface area contributed by atoms with Crippen molar-refractivity contribution in [2.45, 2.75) is 38.3 Å². The van der Waals surface area contributed by atoms with Gasteiger partial charge in [0.25, 0.3) is 0 Å². The van der Waals surface area contributed by atoms with E-state index in [1.54, 1.807) is 11.8 Å². The summed E-state index contributed by atoms with van der Waals surface area (Å²) in [6, 6.07) is 6.75. The predicted molar refractivity (Wildman–Crippen MR) is 106 cm³/mol. The molecule has 0 unspecified atom stereocenters. The minimum absolute atomic E-state index is 0.0897. The Morgan fingerprint density at radius 1 is 1.38 bits per heavy atom. The number of aliphatic imine (C=N–C) groups is 1. The summed E-state index contributed by atoms with van der Waals surface area (Å²) in [5, 5.41) is 14.7. The normalized spacial score (nSPS) is 21.1. The van der Waals surface area contributed by atoms with Crippen LogP contribution in [0.4, 0.5) is 5.69 Å². The molecule has 1 saturated heterocycles. The molecule has 1 aromatic heterocycles. The SMILES string of the molecule is Cc1cc(NC2CCOCC2)c2[nH]c(C3=N[C@@H](CC(=O)O)CS3)cc2c1. The van der Waals surface area contributed by atoms with Gasteiger partial charge in [-0.3, -0.25) is 9.79 Å². The lowest BCUT2D eigenvalue weighted by Crippen LogP contribution is -2.27. The van der Waals surface area contributed by atoms with Crippen LogP contribution in [0.1, 0.15) is 30.5 Å². The number of thioether (sulfide) groups is 1. The van der Waals surface area contributed by atoms with Gasteiger partial charge in [0.15, 0.2) is 0 Å². The van der Waals surface area contributed by atoms with E-state index in [1.807, 2.05) is 0 Å². The maximum Gasteiger partial charge on any atom is 0.305 e. The van der Waals surface area contributed by atoms with E-state index in [4.69, 9.17) is 9.84 Å². The molecule has 0 bridgehead atoms. The first-order chi connectivity index (χ1) is 12.6. The van der Waals surface area contributed by atoms with Gasteiger partial charge in [-0.25, -0.2) is 0 Å². The zero-order chi connectivity index (χ0) is 18.1. The molecule has 1 fully saturated rings. The van der Waals surface area contributed by atoms with E-state index in [9.17, 15) is 4.79 Å². The molecule has 4 rings (SSSR count). The summed E-state index contributed by atoms with van der Waals surface area (Å²) in [6.07, 6.45) is 2.12. The van der Waals surface area contributed by atoms with Gasteiger partial charge in [0.2, 0.25) is 0 Å². The minimum atomic E-state index is -0.796. The van der Waals surface area contributed by atoms with Crippen molar-refractivity contribution < 1.29 is 14.6 Å². The third-order valence-corrected chi connectivity index (χ3v) is 5.96. The molecule has 7 heteroatoms. The summed E-state index contributed by atoms with van der Waals surface area (Å²) in [6.45, 7) is 3.72. The van der Waals surface area contributed by atoms with Gasteiger partial charge in [-0.15, -0.1) is 11.8 Å². The van der Waals surface area contributed by atoms with Gasteiger partial charge >= 0.3 is 5.97 Å². The zero-order valence-corrected chi connectivity index (χ0v) is 15.6. The van der Waals surface area contributed by atoms with Gasteiger partial charge in [0, 0.05) is 30.4 Å². The number of rotatable bonds is 5. The number of aliphatic carboxylic acids is 1. The number of nitrogens with zero attached hydrogens (tertiary/aromatic N) is 1. The average Bonchev–Trinajstić information content (AvgIpc) is 3.22. The van der Waals surface area contributed by atoms with E-state index in [-0.39, 0.29) is 12.5 Å². The number of carboxylic acid groups (broad SMARTS) is 1. The predicted octanol–water partition coefficient (Wildman–Crippen LogP) is 3.40. The Balaban J connectivity index is 1.62. The highest BCUT2D eigenvalue weighted by Crippen LogP contribution is 2.31. The number of aryl methyl sites for hydroxylation is 1. The Kier molecular flexibility index (Phi) is 4.91. The van der Waals surface area contributed by atoms with Gasteiger partial charge in [-0.05, 0) is 43.5 Å². The fourth-order valence-corrected chi connectivity index (χ4v) is 4.59. The summed E-state index contributed by atoms with van der Waals surface area (Å²) < 4.78 is 5.45. The monoisotopic (exact) mass is 373 g/mol. The van der Waals surface area contributed by atoms with Crippen molar-refractivity contribution in [3.63, 3.8) is 0 Å². The number of hydrogen-bond donors (Lipinski definition) is 3. The lowest BCUT2D eigenvalue weighted by molar-refractivity contribution is -0.137. The lowest BCUT2D eigenvalue weighted by atomic mass is 10.1. The maximum atomic E-state index is 10.9. The molecular weight excluding hydrogens is 350 g/mol. The lowest BCUT2D eigenvalue weighted by Gasteiger charge is -2.24. The molecule has 0 aliphatic carbocycles. The van der Waals surface area contributed by atoms with Crippen LogP contribution in [0.25, 0.3) is 10.9 Å². The van der Waals surface area contributed by atoms with E-state index in [0.29, 0.717) is 6.04 Å². The van der Waals surface area contributed by atoms with E-state index in [1.165, 1.54) is 5.56 Å².